The molecule has 2 aliphatic rings. The van der Waals surface area contributed by atoms with Crippen LogP contribution in [0.3, 0.4) is 0 Å². The monoisotopic (exact) mass is 749 g/mol. The molecule has 2 aliphatic heterocycles. The number of benzene rings is 8. The lowest BCUT2D eigenvalue weighted by Crippen LogP contribution is -2.65. The second-order valence-corrected chi connectivity index (χ2v) is 20.3. The Bertz CT molecular complexity index is 2700. The zero-order valence-electron chi connectivity index (χ0n) is 32.9. The molecule has 8 aromatic rings. The first-order valence-electron chi connectivity index (χ1n) is 20.0. The van der Waals surface area contributed by atoms with Crippen molar-refractivity contribution in [2.24, 2.45) is 0 Å². The highest BCUT2D eigenvalue weighted by atomic mass is 28.3. The molecule has 0 radical (unpaired) electrons. The zero-order valence-corrected chi connectivity index (χ0v) is 33.9. The maximum Gasteiger partial charge on any atom is 0.252 e. The Labute approximate surface area is 338 Å². The Hall–Kier alpha value is -6.56. The number of fused-ring (bicyclic) bond motifs is 4. The third-order valence-electron chi connectivity index (χ3n) is 12.0. The van der Waals surface area contributed by atoms with E-state index in [4.69, 9.17) is 0 Å². The average Bonchev–Trinajstić information content (AvgIpc) is 3.25. The molecule has 0 N–H and O–H groups in total. The SMILES string of the molecule is Cc1ccc(N2c3ccc(C)cc3B3c4ccc(N(c5ccccc5)c5ccccc5)cc4N(c4ccccc4)c4c([Si](C)(C)c5ccccc5)ccc2c43)cc1. The molecule has 2 heterocycles. The molecule has 0 amide bonds. The van der Waals surface area contributed by atoms with Gasteiger partial charge in [-0.25, -0.2) is 0 Å². The van der Waals surface area contributed by atoms with E-state index in [0.29, 0.717) is 0 Å². The summed E-state index contributed by atoms with van der Waals surface area (Å²) in [5, 5.41) is 2.85. The summed E-state index contributed by atoms with van der Waals surface area (Å²) in [5.74, 6) is 0. The normalized spacial score (nSPS) is 12.8. The maximum absolute atomic E-state index is 2.60. The molecule has 0 aliphatic carbocycles. The Kier molecular flexibility index (Phi) is 8.50. The Morgan fingerprint density at radius 2 is 1.00 bits per heavy atom. The van der Waals surface area contributed by atoms with Crippen molar-refractivity contribution >= 4 is 92.7 Å². The molecular formula is C52H44BN3Si. The van der Waals surface area contributed by atoms with Gasteiger partial charge in [0.05, 0.1) is 0 Å². The second-order valence-electron chi connectivity index (χ2n) is 16.0. The van der Waals surface area contributed by atoms with Gasteiger partial charge in [-0.3, -0.25) is 0 Å². The minimum atomic E-state index is -2.29. The lowest BCUT2D eigenvalue weighted by molar-refractivity contribution is 1.24. The van der Waals surface area contributed by atoms with Crippen molar-refractivity contribution in [2.75, 3.05) is 14.7 Å². The summed E-state index contributed by atoms with van der Waals surface area (Å²) >= 11 is 0. The first kappa shape index (κ1) is 34.9. The molecule has 5 heteroatoms. The Morgan fingerprint density at radius 3 is 1.65 bits per heavy atom. The standard InChI is InChI=1S/C52H44BN3Si/c1-37-25-28-42(29-26-37)55-47-32-27-38(2)35-46(47)53-45-31-30-43(54(39-17-9-5-10-18-39)40-19-11-6-12-20-40)36-49(45)56(41-21-13-7-14-22-41)52-50(34-33-48(55)51(52)53)57(3,4)44-23-15-8-16-24-44/h5-36H,1-4H3. The fourth-order valence-electron chi connectivity index (χ4n) is 9.20. The molecule has 0 bridgehead atoms. The molecule has 0 fully saturated rings. The van der Waals surface area contributed by atoms with Crippen LogP contribution in [0.15, 0.2) is 194 Å². The van der Waals surface area contributed by atoms with Gasteiger partial charge in [-0.05, 0) is 108 Å². The summed E-state index contributed by atoms with van der Waals surface area (Å²) in [6.07, 6.45) is 0. The fourth-order valence-corrected chi connectivity index (χ4v) is 11.9. The van der Waals surface area contributed by atoms with Gasteiger partial charge in [0, 0.05) is 51.2 Å². The minimum absolute atomic E-state index is 0.0260. The van der Waals surface area contributed by atoms with Crippen molar-refractivity contribution in [2.45, 2.75) is 26.9 Å². The third-order valence-corrected chi connectivity index (χ3v) is 15.5. The first-order chi connectivity index (χ1) is 27.9. The average molecular weight is 750 g/mol. The van der Waals surface area contributed by atoms with E-state index in [-0.39, 0.29) is 6.71 Å². The van der Waals surface area contributed by atoms with Crippen LogP contribution in [0.5, 0.6) is 0 Å². The Morgan fingerprint density at radius 1 is 0.439 bits per heavy atom. The van der Waals surface area contributed by atoms with Crippen LogP contribution in [0.2, 0.25) is 13.1 Å². The second kappa shape index (κ2) is 13.9. The molecule has 3 nitrogen and oxygen atoms in total. The summed E-state index contributed by atoms with van der Waals surface area (Å²) in [6, 6.07) is 71.9. The van der Waals surface area contributed by atoms with Gasteiger partial charge in [-0.15, -0.1) is 0 Å². The van der Waals surface area contributed by atoms with E-state index in [0.717, 1.165) is 22.7 Å². The van der Waals surface area contributed by atoms with Gasteiger partial charge in [0.15, 0.2) is 0 Å². The van der Waals surface area contributed by atoms with Crippen LogP contribution in [0.25, 0.3) is 0 Å². The predicted molar refractivity (Wildman–Crippen MR) is 248 cm³/mol. The van der Waals surface area contributed by atoms with Crippen molar-refractivity contribution in [3.8, 4) is 0 Å². The number of rotatable bonds is 7. The number of para-hydroxylation sites is 3. The van der Waals surface area contributed by atoms with E-state index < -0.39 is 8.07 Å². The molecule has 274 valence electrons. The van der Waals surface area contributed by atoms with Crippen LogP contribution in [-0.2, 0) is 0 Å². The van der Waals surface area contributed by atoms with Crippen molar-refractivity contribution < 1.29 is 0 Å². The molecule has 0 saturated heterocycles. The topological polar surface area (TPSA) is 9.72 Å². The largest absolute Gasteiger partial charge is 0.311 e. The maximum atomic E-state index is 2.60. The molecule has 0 atom stereocenters. The molecule has 0 aromatic heterocycles. The van der Waals surface area contributed by atoms with E-state index >= 15 is 0 Å². The van der Waals surface area contributed by atoms with Gasteiger partial charge in [0.25, 0.3) is 6.71 Å². The highest BCUT2D eigenvalue weighted by Crippen LogP contribution is 2.46. The molecule has 8 aromatic carbocycles. The zero-order chi connectivity index (χ0) is 38.7. The van der Waals surface area contributed by atoms with Crippen LogP contribution in [0.4, 0.5) is 51.2 Å². The van der Waals surface area contributed by atoms with Crippen LogP contribution in [0.1, 0.15) is 11.1 Å². The van der Waals surface area contributed by atoms with Crippen LogP contribution in [0, 0.1) is 13.8 Å². The van der Waals surface area contributed by atoms with Gasteiger partial charge in [-0.2, -0.15) is 0 Å². The van der Waals surface area contributed by atoms with Crippen LogP contribution >= 0.6 is 0 Å². The van der Waals surface area contributed by atoms with Gasteiger partial charge < -0.3 is 14.7 Å². The number of anilines is 9. The summed E-state index contributed by atoms with van der Waals surface area (Å²) < 4.78 is 0. The third kappa shape index (κ3) is 5.81. The number of aryl methyl sites for hydroxylation is 2. The predicted octanol–water partition coefficient (Wildman–Crippen LogP) is 10.7. The van der Waals surface area contributed by atoms with E-state index in [2.05, 4.69) is 236 Å². The molecule has 10 rings (SSSR count). The highest BCUT2D eigenvalue weighted by Gasteiger charge is 2.46. The van der Waals surface area contributed by atoms with Crippen LogP contribution in [-0.4, -0.2) is 14.8 Å². The van der Waals surface area contributed by atoms with Crippen molar-refractivity contribution in [3.05, 3.63) is 205 Å². The van der Waals surface area contributed by atoms with E-state index in [9.17, 15) is 0 Å². The van der Waals surface area contributed by atoms with E-state index in [1.165, 1.54) is 66.3 Å². The van der Waals surface area contributed by atoms with E-state index in [1.807, 2.05) is 0 Å². The number of nitrogens with zero attached hydrogens (tertiary/aromatic N) is 3. The summed E-state index contributed by atoms with van der Waals surface area (Å²) in [5.41, 5.74) is 17.2. The molecular weight excluding hydrogens is 705 g/mol. The van der Waals surface area contributed by atoms with Crippen molar-refractivity contribution in [1.29, 1.82) is 0 Å². The van der Waals surface area contributed by atoms with Gasteiger partial charge >= 0.3 is 0 Å². The lowest BCUT2D eigenvalue weighted by Gasteiger charge is -2.46. The fraction of sp³-hybridized carbons (Fsp3) is 0.0769. The summed E-state index contributed by atoms with van der Waals surface area (Å²) in [6.45, 7) is 9.47. The Balaban J connectivity index is 1.32. The number of hydrogen-bond acceptors (Lipinski definition) is 3. The van der Waals surface area contributed by atoms with Gasteiger partial charge in [-0.1, -0.05) is 151 Å². The van der Waals surface area contributed by atoms with Gasteiger partial charge in [0.2, 0.25) is 0 Å². The molecule has 0 unspecified atom stereocenters. The highest BCUT2D eigenvalue weighted by molar-refractivity contribution is 7.04. The molecule has 0 spiro atoms. The molecule has 0 saturated carbocycles. The summed E-state index contributed by atoms with van der Waals surface area (Å²) in [7, 11) is -2.29. The van der Waals surface area contributed by atoms with Crippen LogP contribution < -0.4 is 41.5 Å². The smallest absolute Gasteiger partial charge is 0.252 e. The first-order valence-corrected chi connectivity index (χ1v) is 23.0. The minimum Gasteiger partial charge on any atom is -0.311 e. The van der Waals surface area contributed by atoms with E-state index in [1.54, 1.807) is 0 Å². The number of hydrogen-bond donors (Lipinski definition) is 0. The summed E-state index contributed by atoms with van der Waals surface area (Å²) in [4.78, 5) is 7.50. The lowest BCUT2D eigenvalue weighted by atomic mass is 9.33. The van der Waals surface area contributed by atoms with Crippen molar-refractivity contribution in [3.63, 3.8) is 0 Å². The van der Waals surface area contributed by atoms with Gasteiger partial charge in [0.1, 0.15) is 8.07 Å². The quantitative estimate of drug-likeness (QED) is 0.150. The van der Waals surface area contributed by atoms with Crippen molar-refractivity contribution in [1.82, 2.24) is 0 Å². The molecule has 57 heavy (non-hydrogen) atoms.